The van der Waals surface area contributed by atoms with Crippen molar-refractivity contribution in [2.75, 3.05) is 19.4 Å². The third-order valence-corrected chi connectivity index (χ3v) is 3.72. The van der Waals surface area contributed by atoms with Crippen molar-refractivity contribution in [2.45, 2.75) is 37.1 Å². The molecular weight excluding hydrogens is 212 g/mol. The van der Waals surface area contributed by atoms with Gasteiger partial charge in [-0.25, -0.2) is 0 Å². The fourth-order valence-corrected chi connectivity index (χ4v) is 1.98. The van der Waals surface area contributed by atoms with Gasteiger partial charge in [0, 0.05) is 17.3 Å². The van der Waals surface area contributed by atoms with Crippen molar-refractivity contribution in [2.24, 2.45) is 0 Å². The standard InChI is InChI=1S/C10H20N2O2S/c1-7(9(6-13)15-2)12-10(14)5-11-8-3-4-8/h7-9,11,13H,3-6H2,1-2H3,(H,12,14). The summed E-state index contributed by atoms with van der Waals surface area (Å²) in [7, 11) is 0. The average molecular weight is 232 g/mol. The van der Waals surface area contributed by atoms with Crippen molar-refractivity contribution >= 4 is 17.7 Å². The number of thioether (sulfide) groups is 1. The van der Waals surface area contributed by atoms with Crippen LogP contribution in [0.4, 0.5) is 0 Å². The number of hydrogen-bond acceptors (Lipinski definition) is 4. The van der Waals surface area contributed by atoms with Crippen LogP contribution < -0.4 is 10.6 Å². The number of rotatable bonds is 7. The zero-order valence-corrected chi connectivity index (χ0v) is 10.1. The molecule has 2 atom stereocenters. The van der Waals surface area contributed by atoms with Gasteiger partial charge in [0.1, 0.15) is 0 Å². The Bertz CT molecular complexity index is 206. The summed E-state index contributed by atoms with van der Waals surface area (Å²) in [5.74, 6) is 0.0156. The van der Waals surface area contributed by atoms with Gasteiger partial charge in [-0.3, -0.25) is 4.79 Å². The van der Waals surface area contributed by atoms with E-state index in [9.17, 15) is 4.79 Å². The molecule has 0 saturated heterocycles. The van der Waals surface area contributed by atoms with E-state index in [1.54, 1.807) is 11.8 Å². The highest BCUT2D eigenvalue weighted by molar-refractivity contribution is 7.99. The zero-order chi connectivity index (χ0) is 11.3. The lowest BCUT2D eigenvalue weighted by Crippen LogP contribution is -2.45. The Balaban J connectivity index is 2.16. The number of nitrogens with one attached hydrogen (secondary N) is 2. The van der Waals surface area contributed by atoms with E-state index >= 15 is 0 Å². The lowest BCUT2D eigenvalue weighted by molar-refractivity contribution is -0.120. The Kier molecular flexibility index (Phi) is 5.42. The third kappa shape index (κ3) is 4.86. The molecule has 0 bridgehead atoms. The van der Waals surface area contributed by atoms with Crippen molar-refractivity contribution in [1.82, 2.24) is 10.6 Å². The number of aliphatic hydroxyl groups excluding tert-OH is 1. The quantitative estimate of drug-likeness (QED) is 0.577. The number of carbonyl (C=O) groups is 1. The van der Waals surface area contributed by atoms with Crippen LogP contribution in [0.5, 0.6) is 0 Å². The Labute approximate surface area is 95.2 Å². The summed E-state index contributed by atoms with van der Waals surface area (Å²) in [4.78, 5) is 11.5. The molecule has 0 heterocycles. The Morgan fingerprint density at radius 3 is 2.73 bits per heavy atom. The van der Waals surface area contributed by atoms with E-state index in [1.165, 1.54) is 12.8 Å². The van der Waals surface area contributed by atoms with Crippen LogP contribution in [0.15, 0.2) is 0 Å². The molecule has 2 unspecified atom stereocenters. The molecule has 4 nitrogen and oxygen atoms in total. The van der Waals surface area contributed by atoms with Crippen molar-refractivity contribution < 1.29 is 9.90 Å². The van der Waals surface area contributed by atoms with Crippen molar-refractivity contribution in [3.8, 4) is 0 Å². The summed E-state index contributed by atoms with van der Waals surface area (Å²) in [6.45, 7) is 2.41. The van der Waals surface area contributed by atoms with E-state index in [2.05, 4.69) is 10.6 Å². The van der Waals surface area contributed by atoms with Crippen LogP contribution in [-0.2, 0) is 4.79 Å². The van der Waals surface area contributed by atoms with Crippen LogP contribution in [0.1, 0.15) is 19.8 Å². The van der Waals surface area contributed by atoms with Gasteiger partial charge in [-0.05, 0) is 26.0 Å². The van der Waals surface area contributed by atoms with Crippen LogP contribution in [0.2, 0.25) is 0 Å². The lowest BCUT2D eigenvalue weighted by Gasteiger charge is -2.21. The highest BCUT2D eigenvalue weighted by Gasteiger charge is 2.22. The fraction of sp³-hybridized carbons (Fsp3) is 0.900. The van der Waals surface area contributed by atoms with Crippen molar-refractivity contribution in [3.63, 3.8) is 0 Å². The predicted molar refractivity (Wildman–Crippen MR) is 63.0 cm³/mol. The molecule has 1 amide bonds. The molecule has 5 heteroatoms. The number of hydrogen-bond donors (Lipinski definition) is 3. The summed E-state index contributed by atoms with van der Waals surface area (Å²) in [5, 5.41) is 15.2. The van der Waals surface area contributed by atoms with Gasteiger partial charge in [-0.1, -0.05) is 0 Å². The molecular formula is C10H20N2O2S. The first kappa shape index (κ1) is 12.8. The van der Waals surface area contributed by atoms with E-state index in [4.69, 9.17) is 5.11 Å². The van der Waals surface area contributed by atoms with E-state index < -0.39 is 0 Å². The van der Waals surface area contributed by atoms with E-state index in [0.717, 1.165) is 0 Å². The molecule has 0 radical (unpaired) electrons. The predicted octanol–water partition coefficient (Wildman–Crippen LogP) is -0.0330. The molecule has 3 N–H and O–H groups in total. The van der Waals surface area contributed by atoms with Gasteiger partial charge < -0.3 is 15.7 Å². The maximum Gasteiger partial charge on any atom is 0.234 e. The molecule has 88 valence electrons. The van der Waals surface area contributed by atoms with E-state index in [1.807, 2.05) is 13.2 Å². The second kappa shape index (κ2) is 6.35. The number of amides is 1. The molecule has 0 aromatic heterocycles. The number of carbonyl (C=O) groups excluding carboxylic acids is 1. The van der Waals surface area contributed by atoms with Crippen LogP contribution >= 0.6 is 11.8 Å². The minimum atomic E-state index is 0.0125. The molecule has 0 aliphatic heterocycles. The monoisotopic (exact) mass is 232 g/mol. The third-order valence-electron chi connectivity index (χ3n) is 2.56. The summed E-state index contributed by atoms with van der Waals surface area (Å²) < 4.78 is 0. The highest BCUT2D eigenvalue weighted by atomic mass is 32.2. The first-order valence-electron chi connectivity index (χ1n) is 5.33. The maximum absolute atomic E-state index is 11.5. The van der Waals surface area contributed by atoms with Crippen LogP contribution in [0, 0.1) is 0 Å². The van der Waals surface area contributed by atoms with Gasteiger partial charge in [-0.15, -0.1) is 0 Å². The molecule has 0 spiro atoms. The molecule has 1 saturated carbocycles. The number of aliphatic hydroxyl groups is 1. The summed E-state index contributed by atoms with van der Waals surface area (Å²) in [6, 6.07) is 0.568. The van der Waals surface area contributed by atoms with Gasteiger partial charge >= 0.3 is 0 Å². The fourth-order valence-electron chi connectivity index (χ4n) is 1.36. The van der Waals surface area contributed by atoms with Gasteiger partial charge in [0.15, 0.2) is 0 Å². The molecule has 1 aliphatic carbocycles. The SMILES string of the molecule is CSC(CO)C(C)NC(=O)CNC1CC1. The van der Waals surface area contributed by atoms with Gasteiger partial charge in [0.05, 0.1) is 13.2 Å². The molecule has 0 aromatic rings. The Morgan fingerprint density at radius 2 is 2.27 bits per heavy atom. The van der Waals surface area contributed by atoms with Crippen molar-refractivity contribution in [1.29, 1.82) is 0 Å². The second-order valence-electron chi connectivity index (χ2n) is 3.97. The minimum absolute atomic E-state index is 0.0125. The second-order valence-corrected chi connectivity index (χ2v) is 5.04. The Hall–Kier alpha value is -0.260. The van der Waals surface area contributed by atoms with Crippen LogP contribution in [0.3, 0.4) is 0 Å². The molecule has 1 aliphatic rings. The van der Waals surface area contributed by atoms with Gasteiger partial charge in [0.2, 0.25) is 5.91 Å². The lowest BCUT2D eigenvalue weighted by atomic mass is 10.2. The Morgan fingerprint density at radius 1 is 1.60 bits per heavy atom. The maximum atomic E-state index is 11.5. The smallest absolute Gasteiger partial charge is 0.234 e. The normalized spacial score (nSPS) is 19.7. The first-order valence-corrected chi connectivity index (χ1v) is 6.62. The van der Waals surface area contributed by atoms with E-state index in [-0.39, 0.29) is 23.8 Å². The van der Waals surface area contributed by atoms with Gasteiger partial charge in [0.25, 0.3) is 0 Å². The average Bonchev–Trinajstić information content (AvgIpc) is 3.00. The van der Waals surface area contributed by atoms with Crippen LogP contribution in [-0.4, -0.2) is 47.8 Å². The van der Waals surface area contributed by atoms with Crippen molar-refractivity contribution in [3.05, 3.63) is 0 Å². The largest absolute Gasteiger partial charge is 0.395 e. The van der Waals surface area contributed by atoms with Crippen LogP contribution in [0.25, 0.3) is 0 Å². The molecule has 0 aromatic carbocycles. The highest BCUT2D eigenvalue weighted by Crippen LogP contribution is 2.18. The first-order chi connectivity index (χ1) is 7.17. The van der Waals surface area contributed by atoms with Gasteiger partial charge in [-0.2, -0.15) is 11.8 Å². The topological polar surface area (TPSA) is 61.4 Å². The molecule has 1 fully saturated rings. The van der Waals surface area contributed by atoms with E-state index in [0.29, 0.717) is 12.6 Å². The summed E-state index contributed by atoms with van der Waals surface area (Å²) in [5.41, 5.74) is 0. The summed E-state index contributed by atoms with van der Waals surface area (Å²) in [6.07, 6.45) is 4.31. The minimum Gasteiger partial charge on any atom is -0.395 e. The molecule has 1 rings (SSSR count). The molecule has 15 heavy (non-hydrogen) atoms. The zero-order valence-electron chi connectivity index (χ0n) is 9.32. The summed E-state index contributed by atoms with van der Waals surface area (Å²) >= 11 is 1.57.